The number of esters is 1. The van der Waals surface area contributed by atoms with Gasteiger partial charge in [0.25, 0.3) is 0 Å². The van der Waals surface area contributed by atoms with Crippen molar-refractivity contribution >= 4 is 5.97 Å². The quantitative estimate of drug-likeness (QED) is 0.656. The molecule has 0 aromatic carbocycles. The molecule has 2 N–H and O–H groups in total. The normalized spacial score (nSPS) is 16.9. The molecule has 4 heteroatoms. The lowest BCUT2D eigenvalue weighted by atomic mass is 10.0. The SMILES string of the molecule is CCCC(C)OCCC(C)(N)C(=O)OC. The van der Waals surface area contributed by atoms with Gasteiger partial charge in [0.15, 0.2) is 0 Å². The molecule has 0 aliphatic rings. The Kier molecular flexibility index (Phi) is 6.52. The number of methoxy groups -OCH3 is 1. The summed E-state index contributed by atoms with van der Waals surface area (Å²) < 4.78 is 10.1. The number of carbonyl (C=O) groups is 1. The lowest BCUT2D eigenvalue weighted by Gasteiger charge is -2.22. The van der Waals surface area contributed by atoms with Gasteiger partial charge in [0.1, 0.15) is 5.54 Å². The number of rotatable bonds is 7. The Morgan fingerprint density at radius 1 is 1.53 bits per heavy atom. The largest absolute Gasteiger partial charge is 0.468 e. The molecule has 0 radical (unpaired) electrons. The monoisotopic (exact) mass is 217 g/mol. The third-order valence-electron chi connectivity index (χ3n) is 2.37. The molecule has 0 amide bonds. The van der Waals surface area contributed by atoms with E-state index < -0.39 is 11.5 Å². The molecule has 2 unspecified atom stereocenters. The van der Waals surface area contributed by atoms with E-state index in [1.807, 2.05) is 6.92 Å². The molecule has 0 aromatic rings. The molecule has 0 aliphatic heterocycles. The van der Waals surface area contributed by atoms with Crippen LogP contribution in [0.15, 0.2) is 0 Å². The summed E-state index contributed by atoms with van der Waals surface area (Å²) >= 11 is 0. The van der Waals surface area contributed by atoms with Crippen LogP contribution in [-0.4, -0.2) is 31.3 Å². The maximum Gasteiger partial charge on any atom is 0.325 e. The molecule has 0 aromatic heterocycles. The van der Waals surface area contributed by atoms with Gasteiger partial charge in [0.05, 0.1) is 13.2 Å². The molecule has 0 saturated carbocycles. The first-order valence-corrected chi connectivity index (χ1v) is 5.43. The Hall–Kier alpha value is -0.610. The van der Waals surface area contributed by atoms with Crippen molar-refractivity contribution in [2.24, 2.45) is 5.73 Å². The molecule has 2 atom stereocenters. The zero-order valence-electron chi connectivity index (χ0n) is 10.2. The molecule has 4 nitrogen and oxygen atoms in total. The van der Waals surface area contributed by atoms with Crippen LogP contribution in [0.1, 0.15) is 40.0 Å². The average molecular weight is 217 g/mol. The fourth-order valence-electron chi connectivity index (χ4n) is 1.30. The average Bonchev–Trinajstić information content (AvgIpc) is 2.16. The van der Waals surface area contributed by atoms with Crippen LogP contribution in [0, 0.1) is 0 Å². The predicted molar refractivity (Wildman–Crippen MR) is 59.5 cm³/mol. The first kappa shape index (κ1) is 14.4. The van der Waals surface area contributed by atoms with Crippen molar-refractivity contribution in [3.05, 3.63) is 0 Å². The van der Waals surface area contributed by atoms with E-state index in [-0.39, 0.29) is 6.10 Å². The molecule has 90 valence electrons. The highest BCUT2D eigenvalue weighted by Crippen LogP contribution is 2.10. The van der Waals surface area contributed by atoms with Crippen molar-refractivity contribution in [3.8, 4) is 0 Å². The van der Waals surface area contributed by atoms with Gasteiger partial charge in [-0.1, -0.05) is 13.3 Å². The van der Waals surface area contributed by atoms with Crippen LogP contribution in [0.5, 0.6) is 0 Å². The summed E-state index contributed by atoms with van der Waals surface area (Å²) in [4.78, 5) is 11.2. The van der Waals surface area contributed by atoms with Gasteiger partial charge in [-0.25, -0.2) is 0 Å². The molecule has 0 heterocycles. The highest BCUT2D eigenvalue weighted by Gasteiger charge is 2.29. The van der Waals surface area contributed by atoms with E-state index in [1.54, 1.807) is 6.92 Å². The number of hydrogen-bond acceptors (Lipinski definition) is 4. The summed E-state index contributed by atoms with van der Waals surface area (Å²) in [5, 5.41) is 0. The molecule has 0 bridgehead atoms. The van der Waals surface area contributed by atoms with Crippen LogP contribution in [-0.2, 0) is 14.3 Å². The summed E-state index contributed by atoms with van der Waals surface area (Å²) in [5.74, 6) is -0.394. The third kappa shape index (κ3) is 5.74. The predicted octanol–water partition coefficient (Wildman–Crippen LogP) is 1.47. The van der Waals surface area contributed by atoms with Gasteiger partial charge in [0.2, 0.25) is 0 Å². The second-order valence-electron chi connectivity index (χ2n) is 4.13. The van der Waals surface area contributed by atoms with Gasteiger partial charge in [-0.3, -0.25) is 4.79 Å². The lowest BCUT2D eigenvalue weighted by molar-refractivity contribution is -0.147. The highest BCUT2D eigenvalue weighted by atomic mass is 16.5. The van der Waals surface area contributed by atoms with Crippen LogP contribution < -0.4 is 5.73 Å². The minimum atomic E-state index is -0.944. The summed E-state index contributed by atoms with van der Waals surface area (Å²) in [6, 6.07) is 0. The smallest absolute Gasteiger partial charge is 0.325 e. The molecule has 0 rings (SSSR count). The zero-order valence-corrected chi connectivity index (χ0v) is 10.2. The Labute approximate surface area is 92.1 Å². The second-order valence-corrected chi connectivity index (χ2v) is 4.13. The molecule has 0 spiro atoms. The van der Waals surface area contributed by atoms with Gasteiger partial charge >= 0.3 is 5.97 Å². The minimum Gasteiger partial charge on any atom is -0.468 e. The molecule has 0 fully saturated rings. The van der Waals surface area contributed by atoms with Crippen molar-refractivity contribution in [2.75, 3.05) is 13.7 Å². The first-order chi connectivity index (χ1) is 6.94. The Balaban J connectivity index is 3.79. The highest BCUT2D eigenvalue weighted by molar-refractivity contribution is 5.79. The van der Waals surface area contributed by atoms with Gasteiger partial charge in [-0.15, -0.1) is 0 Å². The van der Waals surface area contributed by atoms with E-state index in [2.05, 4.69) is 11.7 Å². The lowest BCUT2D eigenvalue weighted by Crippen LogP contribution is -2.46. The number of carbonyl (C=O) groups excluding carboxylic acids is 1. The van der Waals surface area contributed by atoms with Crippen molar-refractivity contribution in [2.45, 2.75) is 51.7 Å². The Morgan fingerprint density at radius 3 is 2.60 bits per heavy atom. The van der Waals surface area contributed by atoms with E-state index >= 15 is 0 Å². The van der Waals surface area contributed by atoms with E-state index in [0.717, 1.165) is 12.8 Å². The minimum absolute atomic E-state index is 0.225. The van der Waals surface area contributed by atoms with Crippen LogP contribution >= 0.6 is 0 Å². The first-order valence-electron chi connectivity index (χ1n) is 5.43. The number of hydrogen-bond donors (Lipinski definition) is 1. The topological polar surface area (TPSA) is 61.5 Å². The summed E-state index contributed by atoms with van der Waals surface area (Å²) in [5.41, 5.74) is 4.83. The number of ether oxygens (including phenoxy) is 2. The summed E-state index contributed by atoms with van der Waals surface area (Å²) in [6.07, 6.45) is 2.83. The van der Waals surface area contributed by atoms with Gasteiger partial charge < -0.3 is 15.2 Å². The standard InChI is InChI=1S/C11H23NO3/c1-5-6-9(2)15-8-7-11(3,12)10(13)14-4/h9H,5-8,12H2,1-4H3. The van der Waals surface area contributed by atoms with Crippen LogP contribution in [0.25, 0.3) is 0 Å². The van der Waals surface area contributed by atoms with Gasteiger partial charge in [0, 0.05) is 6.61 Å². The maximum absolute atomic E-state index is 11.2. The molecule has 15 heavy (non-hydrogen) atoms. The van der Waals surface area contributed by atoms with E-state index in [0.29, 0.717) is 13.0 Å². The van der Waals surface area contributed by atoms with E-state index in [4.69, 9.17) is 10.5 Å². The zero-order chi connectivity index (χ0) is 11.9. The fraction of sp³-hybridized carbons (Fsp3) is 0.909. The van der Waals surface area contributed by atoms with Crippen molar-refractivity contribution in [1.29, 1.82) is 0 Å². The molecule has 0 aliphatic carbocycles. The van der Waals surface area contributed by atoms with Crippen molar-refractivity contribution < 1.29 is 14.3 Å². The van der Waals surface area contributed by atoms with Crippen LogP contribution in [0.3, 0.4) is 0 Å². The number of nitrogens with two attached hydrogens (primary N) is 1. The van der Waals surface area contributed by atoms with E-state index in [1.165, 1.54) is 7.11 Å². The molecule has 0 saturated heterocycles. The molecular formula is C11H23NO3. The molecular weight excluding hydrogens is 194 g/mol. The van der Waals surface area contributed by atoms with Crippen molar-refractivity contribution in [3.63, 3.8) is 0 Å². The maximum atomic E-state index is 11.2. The van der Waals surface area contributed by atoms with Gasteiger partial charge in [-0.2, -0.15) is 0 Å². The Bertz CT molecular complexity index is 192. The second kappa shape index (κ2) is 6.80. The Morgan fingerprint density at radius 2 is 2.13 bits per heavy atom. The van der Waals surface area contributed by atoms with Gasteiger partial charge in [-0.05, 0) is 26.7 Å². The fourth-order valence-corrected chi connectivity index (χ4v) is 1.30. The summed E-state index contributed by atoms with van der Waals surface area (Å²) in [6.45, 7) is 6.28. The van der Waals surface area contributed by atoms with E-state index in [9.17, 15) is 4.79 Å². The third-order valence-corrected chi connectivity index (χ3v) is 2.37. The summed E-state index contributed by atoms with van der Waals surface area (Å²) in [7, 11) is 1.34. The van der Waals surface area contributed by atoms with Crippen molar-refractivity contribution in [1.82, 2.24) is 0 Å². The van der Waals surface area contributed by atoms with Crippen LogP contribution in [0.4, 0.5) is 0 Å². The van der Waals surface area contributed by atoms with Crippen LogP contribution in [0.2, 0.25) is 0 Å².